The Balaban J connectivity index is 2.08. The normalized spacial score (nSPS) is 11.4. The lowest BCUT2D eigenvalue weighted by molar-refractivity contribution is 0.547. The summed E-state index contributed by atoms with van der Waals surface area (Å²) in [5, 5.41) is 3.07. The van der Waals surface area contributed by atoms with Gasteiger partial charge in [-0.25, -0.2) is 14.4 Å². The van der Waals surface area contributed by atoms with Crippen LogP contribution in [-0.4, -0.2) is 22.1 Å². The van der Waals surface area contributed by atoms with Crippen LogP contribution in [0.25, 0.3) is 11.1 Å². The molecule has 5 heteroatoms. The van der Waals surface area contributed by atoms with E-state index in [0.29, 0.717) is 12.5 Å². The van der Waals surface area contributed by atoms with E-state index in [9.17, 15) is 4.39 Å². The van der Waals surface area contributed by atoms with Crippen LogP contribution >= 0.6 is 0 Å². The van der Waals surface area contributed by atoms with Crippen molar-refractivity contribution in [2.45, 2.75) is 19.4 Å². The second-order valence-electron chi connectivity index (χ2n) is 5.14. The van der Waals surface area contributed by atoms with Gasteiger partial charge in [-0.1, -0.05) is 12.1 Å². The molecule has 100 valence electrons. The Bertz CT molecular complexity index is 529. The van der Waals surface area contributed by atoms with Crippen molar-refractivity contribution in [2.75, 3.05) is 11.9 Å². The Morgan fingerprint density at radius 2 is 1.68 bits per heavy atom. The van der Waals surface area contributed by atoms with Gasteiger partial charge in [-0.2, -0.15) is 0 Å². The molecule has 0 aliphatic rings. The monoisotopic (exact) mass is 260 g/mol. The van der Waals surface area contributed by atoms with Gasteiger partial charge in [0.25, 0.3) is 0 Å². The van der Waals surface area contributed by atoms with E-state index in [0.717, 1.165) is 11.1 Å². The van der Waals surface area contributed by atoms with E-state index in [4.69, 9.17) is 5.73 Å². The average molecular weight is 260 g/mol. The lowest BCUT2D eigenvalue weighted by Crippen LogP contribution is -2.39. The van der Waals surface area contributed by atoms with Crippen LogP contribution in [0.3, 0.4) is 0 Å². The highest BCUT2D eigenvalue weighted by Gasteiger charge is 2.10. The number of anilines is 1. The quantitative estimate of drug-likeness (QED) is 0.886. The van der Waals surface area contributed by atoms with E-state index in [1.54, 1.807) is 24.5 Å². The van der Waals surface area contributed by atoms with Crippen molar-refractivity contribution in [2.24, 2.45) is 5.73 Å². The molecule has 0 amide bonds. The summed E-state index contributed by atoms with van der Waals surface area (Å²) >= 11 is 0. The SMILES string of the molecule is CC(C)(N)CNc1ncc(-c2ccc(F)cc2)cn1. The fraction of sp³-hybridized carbons (Fsp3) is 0.286. The summed E-state index contributed by atoms with van der Waals surface area (Å²) in [7, 11) is 0. The number of nitrogens with one attached hydrogen (secondary N) is 1. The maximum atomic E-state index is 12.8. The predicted molar refractivity (Wildman–Crippen MR) is 74.2 cm³/mol. The van der Waals surface area contributed by atoms with Gasteiger partial charge in [0, 0.05) is 30.0 Å². The summed E-state index contributed by atoms with van der Waals surface area (Å²) in [5.41, 5.74) is 7.27. The molecule has 0 unspecified atom stereocenters. The topological polar surface area (TPSA) is 63.8 Å². The highest BCUT2D eigenvalue weighted by atomic mass is 19.1. The second kappa shape index (κ2) is 5.32. The third-order valence-electron chi connectivity index (χ3n) is 2.53. The first-order valence-electron chi connectivity index (χ1n) is 6.05. The average Bonchev–Trinajstić information content (AvgIpc) is 2.37. The number of nitrogens with zero attached hydrogens (tertiary/aromatic N) is 2. The zero-order valence-corrected chi connectivity index (χ0v) is 11.0. The van der Waals surface area contributed by atoms with Crippen molar-refractivity contribution in [3.63, 3.8) is 0 Å². The van der Waals surface area contributed by atoms with Gasteiger partial charge >= 0.3 is 0 Å². The Morgan fingerprint density at radius 3 is 2.21 bits per heavy atom. The van der Waals surface area contributed by atoms with E-state index in [-0.39, 0.29) is 11.4 Å². The van der Waals surface area contributed by atoms with Gasteiger partial charge in [-0.3, -0.25) is 0 Å². The highest BCUT2D eigenvalue weighted by molar-refractivity contribution is 5.61. The van der Waals surface area contributed by atoms with Crippen LogP contribution in [0.5, 0.6) is 0 Å². The fourth-order valence-corrected chi connectivity index (χ4v) is 1.52. The molecule has 0 aliphatic heterocycles. The lowest BCUT2D eigenvalue weighted by Gasteiger charge is -2.18. The number of hydrogen-bond donors (Lipinski definition) is 2. The molecule has 1 heterocycles. The third-order valence-corrected chi connectivity index (χ3v) is 2.53. The Morgan fingerprint density at radius 1 is 1.11 bits per heavy atom. The summed E-state index contributed by atoms with van der Waals surface area (Å²) in [6.07, 6.45) is 3.40. The van der Waals surface area contributed by atoms with Crippen molar-refractivity contribution < 1.29 is 4.39 Å². The van der Waals surface area contributed by atoms with Crippen LogP contribution in [0.4, 0.5) is 10.3 Å². The third kappa shape index (κ3) is 3.99. The molecule has 1 aromatic carbocycles. The van der Waals surface area contributed by atoms with E-state index in [1.165, 1.54) is 12.1 Å². The number of hydrogen-bond acceptors (Lipinski definition) is 4. The van der Waals surface area contributed by atoms with E-state index in [1.807, 2.05) is 13.8 Å². The first kappa shape index (κ1) is 13.4. The fourth-order valence-electron chi connectivity index (χ4n) is 1.52. The van der Waals surface area contributed by atoms with Gasteiger partial charge in [0.05, 0.1) is 0 Å². The van der Waals surface area contributed by atoms with Crippen molar-refractivity contribution >= 4 is 5.95 Å². The molecule has 0 radical (unpaired) electrons. The molecule has 0 saturated carbocycles. The van der Waals surface area contributed by atoms with Crippen LogP contribution < -0.4 is 11.1 Å². The molecule has 0 bridgehead atoms. The molecule has 0 atom stereocenters. The van der Waals surface area contributed by atoms with Gasteiger partial charge < -0.3 is 11.1 Å². The van der Waals surface area contributed by atoms with Gasteiger partial charge in [0.2, 0.25) is 5.95 Å². The molecule has 0 aliphatic carbocycles. The van der Waals surface area contributed by atoms with Gasteiger partial charge in [0.1, 0.15) is 5.82 Å². The van der Waals surface area contributed by atoms with E-state index < -0.39 is 0 Å². The van der Waals surface area contributed by atoms with Crippen LogP contribution in [0, 0.1) is 5.82 Å². The molecule has 0 fully saturated rings. The molecular weight excluding hydrogens is 243 g/mol. The maximum absolute atomic E-state index is 12.8. The van der Waals surface area contributed by atoms with Crippen molar-refractivity contribution in [1.82, 2.24) is 9.97 Å². The Labute approximate surface area is 111 Å². The second-order valence-corrected chi connectivity index (χ2v) is 5.14. The Kier molecular flexibility index (Phi) is 3.76. The first-order valence-corrected chi connectivity index (χ1v) is 6.05. The van der Waals surface area contributed by atoms with Crippen LogP contribution in [-0.2, 0) is 0 Å². The first-order chi connectivity index (χ1) is 8.94. The smallest absolute Gasteiger partial charge is 0.222 e. The summed E-state index contributed by atoms with van der Waals surface area (Å²) in [6, 6.07) is 6.23. The molecular formula is C14H17FN4. The van der Waals surface area contributed by atoms with Crippen molar-refractivity contribution in [3.8, 4) is 11.1 Å². The van der Waals surface area contributed by atoms with Crippen molar-refractivity contribution in [1.29, 1.82) is 0 Å². The molecule has 4 nitrogen and oxygen atoms in total. The van der Waals surface area contributed by atoms with Crippen LogP contribution in [0.15, 0.2) is 36.7 Å². The maximum Gasteiger partial charge on any atom is 0.222 e. The van der Waals surface area contributed by atoms with Gasteiger partial charge in [-0.05, 0) is 31.5 Å². The summed E-state index contributed by atoms with van der Waals surface area (Å²) in [4.78, 5) is 8.42. The minimum atomic E-state index is -0.320. The molecule has 2 rings (SSSR count). The molecule has 19 heavy (non-hydrogen) atoms. The Hall–Kier alpha value is -2.01. The summed E-state index contributed by atoms with van der Waals surface area (Å²) in [6.45, 7) is 4.43. The minimum Gasteiger partial charge on any atom is -0.352 e. The standard InChI is InChI=1S/C14H17FN4/c1-14(2,16)9-19-13-17-7-11(8-18-13)10-3-5-12(15)6-4-10/h3-8H,9,16H2,1-2H3,(H,17,18,19). The number of rotatable bonds is 4. The number of benzene rings is 1. The number of halogens is 1. The summed E-state index contributed by atoms with van der Waals surface area (Å²) < 4.78 is 12.8. The van der Waals surface area contributed by atoms with E-state index >= 15 is 0 Å². The van der Waals surface area contributed by atoms with Gasteiger partial charge in [-0.15, -0.1) is 0 Å². The molecule has 2 aromatic rings. The van der Waals surface area contributed by atoms with Crippen molar-refractivity contribution in [3.05, 3.63) is 42.5 Å². The molecule has 1 aromatic heterocycles. The highest BCUT2D eigenvalue weighted by Crippen LogP contribution is 2.18. The van der Waals surface area contributed by atoms with Gasteiger partial charge in [0.15, 0.2) is 0 Å². The van der Waals surface area contributed by atoms with Crippen LogP contribution in [0.2, 0.25) is 0 Å². The molecule has 0 spiro atoms. The van der Waals surface area contributed by atoms with Crippen LogP contribution in [0.1, 0.15) is 13.8 Å². The van der Waals surface area contributed by atoms with E-state index in [2.05, 4.69) is 15.3 Å². The number of aromatic nitrogens is 2. The minimum absolute atomic E-state index is 0.256. The zero-order chi connectivity index (χ0) is 13.9. The molecule has 3 N–H and O–H groups in total. The lowest BCUT2D eigenvalue weighted by atomic mass is 10.1. The predicted octanol–water partition coefficient (Wildman–Crippen LogP) is 2.43. The molecule has 0 saturated heterocycles. The zero-order valence-electron chi connectivity index (χ0n) is 11.0. The number of nitrogens with two attached hydrogens (primary N) is 1. The largest absolute Gasteiger partial charge is 0.352 e. The summed E-state index contributed by atoms with van der Waals surface area (Å²) in [5.74, 6) is 0.275.